The van der Waals surface area contributed by atoms with E-state index in [-0.39, 0.29) is 23.2 Å². The first-order valence-electron chi connectivity index (χ1n) is 15.8. The van der Waals surface area contributed by atoms with Crippen LogP contribution in [0.5, 0.6) is 5.88 Å². The van der Waals surface area contributed by atoms with Gasteiger partial charge < -0.3 is 14.8 Å². The molecule has 5 aromatic rings. The summed E-state index contributed by atoms with van der Waals surface area (Å²) in [5, 5.41) is 3.72. The lowest BCUT2D eigenvalue weighted by Gasteiger charge is -2.30. The van der Waals surface area contributed by atoms with Crippen LogP contribution in [0.15, 0.2) is 67.4 Å². The molecule has 4 heterocycles. The van der Waals surface area contributed by atoms with E-state index in [1.807, 2.05) is 55.5 Å². The maximum atomic E-state index is 13.8. The molecule has 0 aliphatic carbocycles. The summed E-state index contributed by atoms with van der Waals surface area (Å²) in [5.41, 5.74) is 6.70. The Hall–Kier alpha value is -5.00. The Balaban J connectivity index is 1.28. The third kappa shape index (κ3) is 7.09. The number of aromatic nitrogens is 4. The van der Waals surface area contributed by atoms with E-state index in [0.717, 1.165) is 53.7 Å². The van der Waals surface area contributed by atoms with E-state index in [0.29, 0.717) is 39.9 Å². The van der Waals surface area contributed by atoms with E-state index in [1.54, 1.807) is 25.4 Å². The van der Waals surface area contributed by atoms with Crippen molar-refractivity contribution in [2.45, 2.75) is 32.7 Å². The summed E-state index contributed by atoms with van der Waals surface area (Å²) in [4.78, 5) is 31.6. The lowest BCUT2D eigenvalue weighted by molar-refractivity contribution is -0.147. The summed E-state index contributed by atoms with van der Waals surface area (Å²) in [6, 6.07) is 17.0. The molecule has 0 unspecified atom stereocenters. The minimum Gasteiger partial charge on any atom is -0.481 e. The Bertz CT molecular complexity index is 2030. The van der Waals surface area contributed by atoms with Gasteiger partial charge in [-0.2, -0.15) is 0 Å². The maximum Gasteiger partial charge on any atom is 0.308 e. The molecule has 1 saturated heterocycles. The molecule has 0 radical (unpaired) electrons. The van der Waals surface area contributed by atoms with Gasteiger partial charge in [0, 0.05) is 35.1 Å². The molecular formula is C37H35ClF2N6O3. The van der Waals surface area contributed by atoms with Crippen LogP contribution in [0, 0.1) is 12.8 Å². The number of carbonyl (C=O) groups is 1. The van der Waals surface area contributed by atoms with Crippen LogP contribution in [0.4, 0.5) is 20.3 Å². The number of nitrogens with one attached hydrogen (secondary N) is 1. The van der Waals surface area contributed by atoms with Crippen molar-refractivity contribution in [3.63, 3.8) is 0 Å². The van der Waals surface area contributed by atoms with Crippen LogP contribution < -0.4 is 10.1 Å². The topological polar surface area (TPSA) is 102 Å². The molecular weight excluding hydrogens is 650 g/mol. The second-order valence-corrected chi connectivity index (χ2v) is 12.2. The van der Waals surface area contributed by atoms with Crippen molar-refractivity contribution in [1.82, 2.24) is 24.8 Å². The number of alkyl halides is 2. The van der Waals surface area contributed by atoms with E-state index < -0.39 is 12.2 Å². The Morgan fingerprint density at radius 1 is 1.06 bits per heavy atom. The van der Waals surface area contributed by atoms with Gasteiger partial charge in [-0.05, 0) is 67.7 Å². The molecule has 0 amide bonds. The van der Waals surface area contributed by atoms with Crippen LogP contribution in [0.25, 0.3) is 39.5 Å². The average molecular weight is 685 g/mol. The van der Waals surface area contributed by atoms with Crippen molar-refractivity contribution in [3.8, 4) is 28.3 Å². The number of rotatable bonds is 10. The number of anilines is 2. The normalized spacial score (nSPS) is 13.9. The van der Waals surface area contributed by atoms with Crippen LogP contribution in [0.2, 0.25) is 5.02 Å². The highest BCUT2D eigenvalue weighted by molar-refractivity contribution is 6.36. The predicted octanol–water partition coefficient (Wildman–Crippen LogP) is 8.43. The Morgan fingerprint density at radius 2 is 1.80 bits per heavy atom. The number of methoxy groups -OCH3 is 2. The van der Waals surface area contributed by atoms with Crippen molar-refractivity contribution >= 4 is 46.2 Å². The zero-order valence-electron chi connectivity index (χ0n) is 27.3. The molecule has 1 N–H and O–H groups in total. The SMILES string of the molecule is C=Cc1cnc2c(Nc3cccc(-c4cccc(-c5ccc(CN6CCC(C(=O)OC)CC6)c(OC)n5)c4Cl)c3C)nc(C(F)F)nc2c1. The molecule has 6 rings (SSSR count). The Morgan fingerprint density at radius 3 is 2.51 bits per heavy atom. The number of hydrogen-bond acceptors (Lipinski definition) is 9. The van der Waals surface area contributed by atoms with Crippen molar-refractivity contribution in [3.05, 3.63) is 94.9 Å². The van der Waals surface area contributed by atoms with Crippen LogP contribution >= 0.6 is 11.6 Å². The number of esters is 1. The molecule has 9 nitrogen and oxygen atoms in total. The Kier molecular flexibility index (Phi) is 10.1. The van der Waals surface area contributed by atoms with E-state index in [2.05, 4.69) is 31.7 Å². The number of piperidine rings is 1. The summed E-state index contributed by atoms with van der Waals surface area (Å²) in [7, 11) is 3.03. The van der Waals surface area contributed by atoms with Gasteiger partial charge in [-0.15, -0.1) is 0 Å². The molecule has 1 aliphatic heterocycles. The standard InChI is InChI=1S/C37H35ClF2N6O3/c1-5-22-18-30-32(41-19-22)34(45-35(43-30)33(39)40)42-28-11-7-8-25(21(28)2)26-9-6-10-27(31(26)38)29-13-12-24(36(44-29)48-3)20-46-16-14-23(15-17-46)37(47)49-4/h5-13,18-19,23,33H,1,14-17,20H2,2-4H3,(H,42,43,45). The minimum atomic E-state index is -2.86. The molecule has 0 spiro atoms. The third-order valence-electron chi connectivity index (χ3n) is 8.81. The van der Waals surface area contributed by atoms with Crippen molar-refractivity contribution in [2.24, 2.45) is 5.92 Å². The largest absolute Gasteiger partial charge is 0.481 e. The molecule has 1 fully saturated rings. The van der Waals surface area contributed by atoms with Crippen molar-refractivity contribution in [2.75, 3.05) is 32.6 Å². The first-order chi connectivity index (χ1) is 23.7. The number of nitrogens with zero attached hydrogens (tertiary/aromatic N) is 5. The number of halogens is 3. The highest BCUT2D eigenvalue weighted by Gasteiger charge is 2.26. The summed E-state index contributed by atoms with van der Waals surface area (Å²) in [5.74, 6) is -0.139. The van der Waals surface area contributed by atoms with Gasteiger partial charge >= 0.3 is 5.97 Å². The molecule has 3 aromatic heterocycles. The highest BCUT2D eigenvalue weighted by Crippen LogP contribution is 2.40. The van der Waals surface area contributed by atoms with Gasteiger partial charge in [-0.3, -0.25) is 14.7 Å². The van der Waals surface area contributed by atoms with Gasteiger partial charge in [-0.25, -0.2) is 23.7 Å². The summed E-state index contributed by atoms with van der Waals surface area (Å²) >= 11 is 7.10. The Labute approximate surface area is 288 Å². The smallest absolute Gasteiger partial charge is 0.308 e. The molecule has 49 heavy (non-hydrogen) atoms. The van der Waals surface area contributed by atoms with Gasteiger partial charge in [0.1, 0.15) is 5.52 Å². The molecule has 0 atom stereocenters. The third-order valence-corrected chi connectivity index (χ3v) is 9.21. The summed E-state index contributed by atoms with van der Waals surface area (Å²) in [6.45, 7) is 7.85. The number of carbonyl (C=O) groups excluding carboxylic acids is 1. The molecule has 2 aromatic carbocycles. The summed E-state index contributed by atoms with van der Waals surface area (Å²) < 4.78 is 38.2. The number of ether oxygens (including phenoxy) is 2. The summed E-state index contributed by atoms with van der Waals surface area (Å²) in [6.07, 6.45) is 1.80. The van der Waals surface area contributed by atoms with Crippen LogP contribution in [-0.4, -0.2) is 58.1 Å². The zero-order valence-corrected chi connectivity index (χ0v) is 28.1. The van der Waals surface area contributed by atoms with Crippen LogP contribution in [0.1, 0.15) is 41.8 Å². The van der Waals surface area contributed by atoms with Crippen LogP contribution in [-0.2, 0) is 16.1 Å². The van der Waals surface area contributed by atoms with Crippen LogP contribution in [0.3, 0.4) is 0 Å². The van der Waals surface area contributed by atoms with E-state index in [1.165, 1.54) is 7.11 Å². The van der Waals surface area contributed by atoms with Crippen molar-refractivity contribution in [1.29, 1.82) is 0 Å². The van der Waals surface area contributed by atoms with E-state index in [4.69, 9.17) is 26.1 Å². The van der Waals surface area contributed by atoms with Gasteiger partial charge in [0.2, 0.25) is 5.88 Å². The van der Waals surface area contributed by atoms with Gasteiger partial charge in [-0.1, -0.05) is 60.7 Å². The first-order valence-corrected chi connectivity index (χ1v) is 16.2. The quantitative estimate of drug-likeness (QED) is 0.145. The number of fused-ring (bicyclic) bond motifs is 1. The fourth-order valence-corrected chi connectivity index (χ4v) is 6.45. The van der Waals surface area contributed by atoms with Gasteiger partial charge in [0.25, 0.3) is 6.43 Å². The maximum absolute atomic E-state index is 13.8. The second kappa shape index (κ2) is 14.6. The second-order valence-electron chi connectivity index (χ2n) is 11.8. The average Bonchev–Trinajstić information content (AvgIpc) is 3.12. The molecule has 0 saturated carbocycles. The highest BCUT2D eigenvalue weighted by atomic mass is 35.5. The molecule has 252 valence electrons. The minimum absolute atomic E-state index is 0.0633. The van der Waals surface area contributed by atoms with Gasteiger partial charge in [0.05, 0.1) is 36.4 Å². The van der Waals surface area contributed by atoms with E-state index in [9.17, 15) is 13.6 Å². The fourth-order valence-electron chi connectivity index (χ4n) is 6.13. The number of hydrogen-bond donors (Lipinski definition) is 1. The lowest BCUT2D eigenvalue weighted by atomic mass is 9.96. The molecule has 12 heteroatoms. The fraction of sp³-hybridized carbons (Fsp3) is 0.270. The lowest BCUT2D eigenvalue weighted by Crippen LogP contribution is -2.36. The molecule has 1 aliphatic rings. The molecule has 0 bridgehead atoms. The number of likely N-dealkylation sites (tertiary alicyclic amines) is 1. The van der Waals surface area contributed by atoms with Crippen molar-refractivity contribution < 1.29 is 23.0 Å². The monoisotopic (exact) mass is 684 g/mol. The van der Waals surface area contributed by atoms with E-state index >= 15 is 0 Å². The number of benzene rings is 2. The first kappa shape index (κ1) is 33.9. The van der Waals surface area contributed by atoms with Gasteiger partial charge in [0.15, 0.2) is 11.6 Å². The predicted molar refractivity (Wildman–Crippen MR) is 187 cm³/mol. The number of pyridine rings is 2. The zero-order chi connectivity index (χ0) is 34.7.